The van der Waals surface area contributed by atoms with E-state index in [2.05, 4.69) is 0 Å². The summed E-state index contributed by atoms with van der Waals surface area (Å²) < 4.78 is 31.9. The number of nitrogens with zero attached hydrogens (tertiary/aromatic N) is 1. The van der Waals surface area contributed by atoms with Gasteiger partial charge in [0.1, 0.15) is 17.4 Å². The minimum Gasteiger partial charge on any atom is -0.497 e. The van der Waals surface area contributed by atoms with Crippen LogP contribution in [0, 0.1) is 28.9 Å². The Morgan fingerprint density at radius 2 is 2.06 bits per heavy atom. The van der Waals surface area contributed by atoms with Gasteiger partial charge < -0.3 is 10.5 Å². The summed E-state index contributed by atoms with van der Waals surface area (Å²) in [6.45, 7) is 0. The Morgan fingerprint density at radius 1 is 1.50 bits per heavy atom. The van der Waals surface area contributed by atoms with Gasteiger partial charge in [-0.1, -0.05) is 0 Å². The van der Waals surface area contributed by atoms with E-state index < -0.39 is 23.5 Å². The standard InChI is InChI=1S/C12H12F2N2O2/c1-18-8-5-10(13)9(11(14)6-8)4-7(2-3-15)12(16)17/h5-7H,2,4H2,1H3,(H2,16,17). The minimum absolute atomic E-state index is 0.0460. The molecule has 0 spiro atoms. The molecule has 0 aromatic heterocycles. The molecule has 1 unspecified atom stereocenters. The fourth-order valence-corrected chi connectivity index (χ4v) is 1.52. The van der Waals surface area contributed by atoms with E-state index in [1.165, 1.54) is 7.11 Å². The van der Waals surface area contributed by atoms with Crippen LogP contribution in [0.2, 0.25) is 0 Å². The van der Waals surface area contributed by atoms with Crippen LogP contribution in [0.4, 0.5) is 8.78 Å². The first kappa shape index (κ1) is 13.9. The molecule has 1 amide bonds. The molecule has 0 fully saturated rings. The number of rotatable bonds is 5. The van der Waals surface area contributed by atoms with Gasteiger partial charge in [0.05, 0.1) is 19.1 Å². The number of nitriles is 1. The molecule has 1 aromatic carbocycles. The molecule has 0 aliphatic rings. The van der Waals surface area contributed by atoms with Crippen LogP contribution >= 0.6 is 0 Å². The Morgan fingerprint density at radius 3 is 2.44 bits per heavy atom. The molecule has 0 bridgehead atoms. The molecule has 0 aliphatic heterocycles. The van der Waals surface area contributed by atoms with Crippen molar-refractivity contribution in [1.29, 1.82) is 5.26 Å². The van der Waals surface area contributed by atoms with E-state index in [1.807, 2.05) is 0 Å². The van der Waals surface area contributed by atoms with Crippen LogP contribution in [0.3, 0.4) is 0 Å². The van der Waals surface area contributed by atoms with Crippen molar-refractivity contribution in [1.82, 2.24) is 0 Å². The summed E-state index contributed by atoms with van der Waals surface area (Å²) in [5, 5.41) is 8.52. The second-order valence-corrected chi connectivity index (χ2v) is 3.74. The van der Waals surface area contributed by atoms with Crippen molar-refractivity contribution in [2.45, 2.75) is 12.8 Å². The molecule has 4 nitrogen and oxygen atoms in total. The maximum Gasteiger partial charge on any atom is 0.221 e. The first-order valence-corrected chi connectivity index (χ1v) is 5.17. The maximum absolute atomic E-state index is 13.6. The second-order valence-electron chi connectivity index (χ2n) is 3.74. The zero-order valence-corrected chi connectivity index (χ0v) is 9.74. The number of hydrogen-bond acceptors (Lipinski definition) is 3. The Kier molecular flexibility index (Phi) is 4.60. The fraction of sp³-hybridized carbons (Fsp3) is 0.333. The van der Waals surface area contributed by atoms with Gasteiger partial charge in [0, 0.05) is 24.1 Å². The Hall–Kier alpha value is -2.16. The van der Waals surface area contributed by atoms with Crippen molar-refractivity contribution in [3.8, 4) is 11.8 Å². The third-order valence-electron chi connectivity index (χ3n) is 2.54. The Balaban J connectivity index is 3.03. The molecule has 1 atom stereocenters. The highest BCUT2D eigenvalue weighted by Gasteiger charge is 2.21. The van der Waals surface area contributed by atoms with Crippen molar-refractivity contribution >= 4 is 5.91 Å². The van der Waals surface area contributed by atoms with Gasteiger partial charge >= 0.3 is 0 Å². The number of hydrogen-bond donors (Lipinski definition) is 1. The Bertz CT molecular complexity index is 474. The first-order chi connectivity index (χ1) is 8.49. The molecule has 6 heteroatoms. The Labute approximate surface area is 103 Å². The van der Waals surface area contributed by atoms with Gasteiger partial charge in [0.2, 0.25) is 5.91 Å². The zero-order chi connectivity index (χ0) is 13.7. The molecular weight excluding hydrogens is 242 g/mol. The van der Waals surface area contributed by atoms with E-state index in [1.54, 1.807) is 6.07 Å². The average Bonchev–Trinajstić information content (AvgIpc) is 2.31. The van der Waals surface area contributed by atoms with E-state index in [9.17, 15) is 13.6 Å². The van der Waals surface area contributed by atoms with Crippen LogP contribution < -0.4 is 10.5 Å². The largest absolute Gasteiger partial charge is 0.497 e. The quantitative estimate of drug-likeness (QED) is 0.865. The lowest BCUT2D eigenvalue weighted by Crippen LogP contribution is -2.25. The molecule has 0 saturated heterocycles. The maximum atomic E-state index is 13.6. The summed E-state index contributed by atoms with van der Waals surface area (Å²) in [6, 6.07) is 3.79. The van der Waals surface area contributed by atoms with Crippen molar-refractivity contribution in [3.05, 3.63) is 29.3 Å². The normalized spacial score (nSPS) is 11.7. The topological polar surface area (TPSA) is 76.1 Å². The number of methoxy groups -OCH3 is 1. The second kappa shape index (κ2) is 5.96. The molecule has 0 heterocycles. The third kappa shape index (κ3) is 3.17. The van der Waals surface area contributed by atoms with Crippen LogP contribution in [-0.4, -0.2) is 13.0 Å². The molecule has 1 rings (SSSR count). The third-order valence-corrected chi connectivity index (χ3v) is 2.54. The van der Waals surface area contributed by atoms with Crippen LogP contribution in [0.5, 0.6) is 5.75 Å². The molecule has 0 radical (unpaired) electrons. The van der Waals surface area contributed by atoms with Crippen LogP contribution in [-0.2, 0) is 11.2 Å². The van der Waals surface area contributed by atoms with Gasteiger partial charge in [0.15, 0.2) is 0 Å². The van der Waals surface area contributed by atoms with Crippen molar-refractivity contribution in [2.24, 2.45) is 11.7 Å². The van der Waals surface area contributed by atoms with Crippen molar-refractivity contribution in [3.63, 3.8) is 0 Å². The van der Waals surface area contributed by atoms with Crippen LogP contribution in [0.25, 0.3) is 0 Å². The lowest BCUT2D eigenvalue weighted by Gasteiger charge is -2.12. The summed E-state index contributed by atoms with van der Waals surface area (Å²) in [4.78, 5) is 11.0. The van der Waals surface area contributed by atoms with E-state index in [0.29, 0.717) is 0 Å². The highest BCUT2D eigenvalue weighted by atomic mass is 19.1. The number of carbonyl (C=O) groups excluding carboxylic acids is 1. The smallest absolute Gasteiger partial charge is 0.221 e. The van der Waals surface area contributed by atoms with Gasteiger partial charge in [-0.3, -0.25) is 4.79 Å². The average molecular weight is 254 g/mol. The molecule has 0 saturated carbocycles. The molecule has 0 aliphatic carbocycles. The van der Waals surface area contributed by atoms with E-state index in [0.717, 1.165) is 12.1 Å². The summed E-state index contributed by atoms with van der Waals surface area (Å²) in [5.74, 6) is -3.27. The summed E-state index contributed by atoms with van der Waals surface area (Å²) >= 11 is 0. The van der Waals surface area contributed by atoms with Crippen LogP contribution in [0.15, 0.2) is 12.1 Å². The van der Waals surface area contributed by atoms with Crippen molar-refractivity contribution in [2.75, 3.05) is 7.11 Å². The number of primary amides is 1. The SMILES string of the molecule is COc1cc(F)c(CC(CC#N)C(N)=O)c(F)c1. The number of amides is 1. The van der Waals surface area contributed by atoms with Gasteiger partial charge in [-0.2, -0.15) is 5.26 Å². The van der Waals surface area contributed by atoms with Gasteiger partial charge in [0.25, 0.3) is 0 Å². The number of carbonyl (C=O) groups is 1. The van der Waals surface area contributed by atoms with Gasteiger partial charge in [-0.15, -0.1) is 0 Å². The van der Waals surface area contributed by atoms with Gasteiger partial charge in [-0.05, 0) is 6.42 Å². The highest BCUT2D eigenvalue weighted by molar-refractivity contribution is 5.77. The van der Waals surface area contributed by atoms with Crippen molar-refractivity contribution < 1.29 is 18.3 Å². The number of benzene rings is 1. The van der Waals surface area contributed by atoms with E-state index in [-0.39, 0.29) is 24.2 Å². The van der Waals surface area contributed by atoms with Crippen LogP contribution in [0.1, 0.15) is 12.0 Å². The summed E-state index contributed by atoms with van der Waals surface area (Å²) in [7, 11) is 1.29. The summed E-state index contributed by atoms with van der Waals surface area (Å²) in [5.41, 5.74) is 4.80. The summed E-state index contributed by atoms with van der Waals surface area (Å²) in [6.07, 6.45) is -0.426. The predicted molar refractivity (Wildman–Crippen MR) is 59.5 cm³/mol. The van der Waals surface area contributed by atoms with Gasteiger partial charge in [-0.25, -0.2) is 8.78 Å². The highest BCUT2D eigenvalue weighted by Crippen LogP contribution is 2.23. The molecule has 96 valence electrons. The fourth-order valence-electron chi connectivity index (χ4n) is 1.52. The lowest BCUT2D eigenvalue weighted by atomic mass is 9.95. The molecule has 2 N–H and O–H groups in total. The molecular formula is C12H12F2N2O2. The molecule has 18 heavy (non-hydrogen) atoms. The lowest BCUT2D eigenvalue weighted by molar-refractivity contribution is -0.121. The number of halogens is 2. The zero-order valence-electron chi connectivity index (χ0n) is 9.74. The predicted octanol–water partition coefficient (Wildman–Crippen LogP) is 1.53. The first-order valence-electron chi connectivity index (χ1n) is 5.17. The van der Waals surface area contributed by atoms with E-state index >= 15 is 0 Å². The minimum atomic E-state index is -0.910. The number of ether oxygens (including phenoxy) is 1. The van der Waals surface area contributed by atoms with E-state index in [4.69, 9.17) is 15.7 Å². The number of nitrogens with two attached hydrogens (primary N) is 1. The molecule has 1 aromatic rings. The monoisotopic (exact) mass is 254 g/mol.